The van der Waals surface area contributed by atoms with Gasteiger partial charge in [0.2, 0.25) is 0 Å². The van der Waals surface area contributed by atoms with E-state index in [-0.39, 0.29) is 32.2 Å². The summed E-state index contributed by atoms with van der Waals surface area (Å²) in [6.45, 7) is 4.65. The van der Waals surface area contributed by atoms with Crippen molar-refractivity contribution in [1.82, 2.24) is 0 Å². The molecule has 0 aromatic carbocycles. The Balaban J connectivity index is 4.35. The average molecular weight is 714 g/mol. The minimum Gasteiger partial charge on any atom is -0.756 e. The molecule has 0 fully saturated rings. The van der Waals surface area contributed by atoms with Gasteiger partial charge in [0.25, 0.3) is 7.82 Å². The Morgan fingerprint density at radius 1 is 0.633 bits per heavy atom. The largest absolute Gasteiger partial charge is 0.756 e. The fourth-order valence-corrected chi connectivity index (χ4v) is 5.80. The molecule has 0 radical (unpaired) electrons. The Labute approximate surface area is 302 Å². The number of phosphoric acid groups is 1. The lowest BCUT2D eigenvalue weighted by Gasteiger charge is -2.28. The van der Waals surface area contributed by atoms with E-state index >= 15 is 0 Å². The van der Waals surface area contributed by atoms with Crippen molar-refractivity contribution in [2.75, 3.05) is 47.5 Å². The summed E-state index contributed by atoms with van der Waals surface area (Å²) in [4.78, 5) is 24.9. The fourth-order valence-electron chi connectivity index (χ4n) is 5.07. The highest BCUT2D eigenvalue weighted by Gasteiger charge is 2.20. The summed E-state index contributed by atoms with van der Waals surface area (Å²) in [6.07, 6.45) is 38.2. The maximum Gasteiger partial charge on any atom is 0.306 e. The molecule has 1 unspecified atom stereocenters. The van der Waals surface area contributed by atoms with Crippen LogP contribution in [0.5, 0.6) is 0 Å². The SMILES string of the molecule is CCCC/C=C\CCCCCCCC(=O)O[C@H](CO/C=C\CCCCCCCC/C=C\CCCCCC)COP(=O)([O-])OCC[N+](C)(C)C. The van der Waals surface area contributed by atoms with Crippen LogP contribution in [0, 0.1) is 0 Å². The van der Waals surface area contributed by atoms with Gasteiger partial charge in [0.05, 0.1) is 34.0 Å². The van der Waals surface area contributed by atoms with Crippen LogP contribution in [-0.4, -0.2) is 64.1 Å². The Bertz CT molecular complexity index is 884. The lowest BCUT2D eigenvalue weighted by atomic mass is 10.1. The van der Waals surface area contributed by atoms with Crippen molar-refractivity contribution in [2.24, 2.45) is 0 Å². The van der Waals surface area contributed by atoms with Gasteiger partial charge in [0, 0.05) is 6.42 Å². The van der Waals surface area contributed by atoms with E-state index < -0.39 is 13.9 Å². The lowest BCUT2D eigenvalue weighted by Crippen LogP contribution is -2.37. The van der Waals surface area contributed by atoms with Crippen molar-refractivity contribution in [3.63, 3.8) is 0 Å². The Kier molecular flexibility index (Phi) is 32.7. The number of rotatable bonds is 36. The molecule has 0 heterocycles. The molecule has 0 spiro atoms. The highest BCUT2D eigenvalue weighted by molar-refractivity contribution is 7.45. The number of carbonyl (C=O) groups excluding carboxylic acids is 1. The van der Waals surface area contributed by atoms with Crippen molar-refractivity contribution < 1.29 is 37.3 Å². The monoisotopic (exact) mass is 714 g/mol. The number of nitrogens with zero attached hydrogens (tertiary/aromatic N) is 1. The molecule has 288 valence electrons. The molecule has 0 aliphatic rings. The van der Waals surface area contributed by atoms with Crippen LogP contribution < -0.4 is 4.89 Å². The summed E-state index contributed by atoms with van der Waals surface area (Å²) in [5, 5.41) is 0. The summed E-state index contributed by atoms with van der Waals surface area (Å²) in [5.41, 5.74) is 0. The molecule has 0 aromatic heterocycles. The quantitative estimate of drug-likeness (QED) is 0.0159. The molecule has 0 bridgehead atoms. The van der Waals surface area contributed by atoms with Gasteiger partial charge in [0.1, 0.15) is 19.8 Å². The van der Waals surface area contributed by atoms with Crippen LogP contribution >= 0.6 is 7.82 Å². The zero-order chi connectivity index (χ0) is 36.3. The summed E-state index contributed by atoms with van der Waals surface area (Å²) < 4.78 is 34.2. The fraction of sp³-hybridized carbons (Fsp3) is 0.825. The molecule has 0 aliphatic carbocycles. The van der Waals surface area contributed by atoms with E-state index in [1.807, 2.05) is 27.2 Å². The summed E-state index contributed by atoms with van der Waals surface area (Å²) in [5.74, 6) is -0.370. The van der Waals surface area contributed by atoms with Gasteiger partial charge >= 0.3 is 5.97 Å². The van der Waals surface area contributed by atoms with Gasteiger partial charge in [-0.3, -0.25) is 9.36 Å². The summed E-state index contributed by atoms with van der Waals surface area (Å²) in [7, 11) is 1.31. The molecule has 0 aromatic rings. The third kappa shape index (κ3) is 37.6. The van der Waals surface area contributed by atoms with Crippen molar-refractivity contribution in [1.29, 1.82) is 0 Å². The van der Waals surface area contributed by atoms with E-state index in [9.17, 15) is 14.3 Å². The van der Waals surface area contributed by atoms with Gasteiger partial charge in [0.15, 0.2) is 6.10 Å². The number of hydrogen-bond acceptors (Lipinski definition) is 7. The van der Waals surface area contributed by atoms with Crippen LogP contribution in [0.1, 0.15) is 162 Å². The Hall–Kier alpha value is -1.44. The topological polar surface area (TPSA) is 94.1 Å². The molecule has 49 heavy (non-hydrogen) atoms. The maximum atomic E-state index is 12.6. The van der Waals surface area contributed by atoms with Crippen molar-refractivity contribution >= 4 is 13.8 Å². The summed E-state index contributed by atoms with van der Waals surface area (Å²) >= 11 is 0. The first-order valence-electron chi connectivity index (χ1n) is 19.8. The normalized spacial score (nSPS) is 14.2. The van der Waals surface area contributed by atoms with E-state index in [1.165, 1.54) is 96.3 Å². The van der Waals surface area contributed by atoms with Gasteiger partial charge in [-0.2, -0.15) is 0 Å². The molecule has 0 saturated heterocycles. The van der Waals surface area contributed by atoms with Crippen LogP contribution in [-0.2, 0) is 27.9 Å². The van der Waals surface area contributed by atoms with Crippen molar-refractivity contribution in [2.45, 2.75) is 168 Å². The highest BCUT2D eigenvalue weighted by Crippen LogP contribution is 2.38. The van der Waals surface area contributed by atoms with E-state index in [0.717, 1.165) is 44.9 Å². The number of likely N-dealkylation sites (N-methyl/N-ethyl adjacent to an activating group) is 1. The first-order chi connectivity index (χ1) is 23.6. The lowest BCUT2D eigenvalue weighted by molar-refractivity contribution is -0.870. The van der Waals surface area contributed by atoms with Crippen LogP contribution in [0.4, 0.5) is 0 Å². The zero-order valence-corrected chi connectivity index (χ0v) is 33.3. The average Bonchev–Trinajstić information content (AvgIpc) is 3.04. The van der Waals surface area contributed by atoms with E-state index in [1.54, 1.807) is 6.26 Å². The number of phosphoric ester groups is 1. The van der Waals surface area contributed by atoms with Crippen LogP contribution in [0.2, 0.25) is 0 Å². The third-order valence-corrected chi connectivity index (χ3v) is 9.19. The second kappa shape index (κ2) is 33.7. The molecule has 0 aliphatic heterocycles. The standard InChI is InChI=1S/C40H76NO7P/c1-6-8-10-12-14-16-18-19-20-21-22-24-26-28-30-32-35-45-37-39(38-47-49(43,44)46-36-34-41(3,4)5)48-40(42)33-31-29-27-25-23-17-15-13-11-9-7-2/h13,15-16,18,32,35,39H,6-12,14,17,19-31,33-34,36-38H2,1-5H3/b15-13-,18-16-,35-32-/t39-/m1/s1. The number of esters is 1. The van der Waals surface area contributed by atoms with Gasteiger partial charge in [-0.05, 0) is 70.3 Å². The molecule has 0 amide bonds. The molecular formula is C40H76NO7P. The van der Waals surface area contributed by atoms with Gasteiger partial charge in [-0.15, -0.1) is 0 Å². The van der Waals surface area contributed by atoms with Gasteiger partial charge < -0.3 is 27.9 Å². The second-order valence-electron chi connectivity index (χ2n) is 14.3. The van der Waals surface area contributed by atoms with E-state index in [4.69, 9.17) is 18.5 Å². The van der Waals surface area contributed by atoms with Crippen molar-refractivity contribution in [3.05, 3.63) is 36.6 Å². The van der Waals surface area contributed by atoms with Crippen molar-refractivity contribution in [3.8, 4) is 0 Å². The number of carbonyl (C=O) groups is 1. The van der Waals surface area contributed by atoms with Crippen LogP contribution in [0.3, 0.4) is 0 Å². The molecule has 9 heteroatoms. The smallest absolute Gasteiger partial charge is 0.306 e. The predicted molar refractivity (Wildman–Crippen MR) is 203 cm³/mol. The second-order valence-corrected chi connectivity index (χ2v) is 15.8. The Morgan fingerprint density at radius 2 is 1.10 bits per heavy atom. The zero-order valence-electron chi connectivity index (χ0n) is 32.4. The predicted octanol–water partition coefficient (Wildman–Crippen LogP) is 10.8. The molecule has 0 rings (SSSR count). The summed E-state index contributed by atoms with van der Waals surface area (Å²) in [6, 6.07) is 0. The van der Waals surface area contributed by atoms with Crippen LogP contribution in [0.25, 0.3) is 0 Å². The van der Waals surface area contributed by atoms with E-state index in [2.05, 4.69) is 38.2 Å². The minimum absolute atomic E-state index is 0.0136. The highest BCUT2D eigenvalue weighted by atomic mass is 31.2. The minimum atomic E-state index is -4.54. The number of hydrogen-bond donors (Lipinski definition) is 0. The number of ether oxygens (including phenoxy) is 2. The number of quaternary nitrogens is 1. The molecular weight excluding hydrogens is 637 g/mol. The van der Waals surface area contributed by atoms with E-state index in [0.29, 0.717) is 11.0 Å². The molecule has 2 atom stereocenters. The number of allylic oxidation sites excluding steroid dienone is 5. The first-order valence-corrected chi connectivity index (χ1v) is 21.2. The van der Waals surface area contributed by atoms with Gasteiger partial charge in [-0.1, -0.05) is 115 Å². The van der Waals surface area contributed by atoms with Gasteiger partial charge in [-0.25, -0.2) is 0 Å². The first kappa shape index (κ1) is 47.6. The third-order valence-electron chi connectivity index (χ3n) is 8.23. The molecule has 8 nitrogen and oxygen atoms in total. The molecule has 0 N–H and O–H groups in total. The number of unbranched alkanes of at least 4 members (excludes halogenated alkanes) is 18. The Morgan fingerprint density at radius 3 is 1.63 bits per heavy atom. The molecule has 0 saturated carbocycles. The van der Waals surface area contributed by atoms with Crippen LogP contribution in [0.15, 0.2) is 36.6 Å². The maximum absolute atomic E-state index is 12.6.